The number of terminal acetylenes is 1. The summed E-state index contributed by atoms with van der Waals surface area (Å²) in [6, 6.07) is 5.35. The molecule has 0 unspecified atom stereocenters. The molecule has 136 valence electrons. The van der Waals surface area contributed by atoms with Crippen LogP contribution in [0.3, 0.4) is 0 Å². The summed E-state index contributed by atoms with van der Waals surface area (Å²) in [5.74, 6) is 2.14. The summed E-state index contributed by atoms with van der Waals surface area (Å²) in [4.78, 5) is 0. The van der Waals surface area contributed by atoms with Crippen molar-refractivity contribution in [3.63, 3.8) is 0 Å². The van der Waals surface area contributed by atoms with Crippen LogP contribution in [0, 0.1) is 12.3 Å². The number of fused-ring (bicyclic) bond motifs is 1. The van der Waals surface area contributed by atoms with Crippen molar-refractivity contribution in [3.8, 4) is 23.8 Å². The Balaban J connectivity index is 1.89. The van der Waals surface area contributed by atoms with Gasteiger partial charge in [0.15, 0.2) is 0 Å². The van der Waals surface area contributed by atoms with E-state index in [2.05, 4.69) is 5.92 Å². The van der Waals surface area contributed by atoms with E-state index >= 15 is 0 Å². The molecular formula is C18H22O7. The Morgan fingerprint density at radius 2 is 2.20 bits per heavy atom. The zero-order valence-corrected chi connectivity index (χ0v) is 13.9. The molecule has 3 rings (SSSR count). The van der Waals surface area contributed by atoms with Crippen molar-refractivity contribution < 1.29 is 34.3 Å². The van der Waals surface area contributed by atoms with Gasteiger partial charge in [-0.1, -0.05) is 5.92 Å². The SMILES string of the molecule is C#CCO[C@H]1[C@@H](O)[C@@H](CO)O[C@@]2(CCc3cc(OC)ccc3O2)[C@@H]1O. The van der Waals surface area contributed by atoms with Crippen LogP contribution in [0.25, 0.3) is 0 Å². The van der Waals surface area contributed by atoms with Gasteiger partial charge in [0.2, 0.25) is 5.79 Å². The second kappa shape index (κ2) is 7.20. The van der Waals surface area contributed by atoms with Crippen LogP contribution in [-0.2, 0) is 15.9 Å². The van der Waals surface area contributed by atoms with Gasteiger partial charge in [-0.05, 0) is 30.2 Å². The molecule has 1 aromatic rings. The third-order valence-corrected chi connectivity index (χ3v) is 4.66. The van der Waals surface area contributed by atoms with Crippen LogP contribution in [0.5, 0.6) is 11.5 Å². The largest absolute Gasteiger partial charge is 0.497 e. The summed E-state index contributed by atoms with van der Waals surface area (Å²) in [5, 5.41) is 30.6. The van der Waals surface area contributed by atoms with Crippen molar-refractivity contribution in [2.75, 3.05) is 20.3 Å². The maximum Gasteiger partial charge on any atom is 0.240 e. The standard InChI is InChI=1S/C18H22O7/c1-3-8-23-16-15(20)14(10-19)25-18(17(16)21)7-6-11-9-12(22-2)4-5-13(11)24-18/h1,4-5,9,14-17,19-21H,6-8,10H2,2H3/t14-,15+,16+,17-,18+/m1/s1. The number of ether oxygens (including phenoxy) is 4. The maximum atomic E-state index is 10.8. The molecular weight excluding hydrogens is 328 g/mol. The van der Waals surface area contributed by atoms with E-state index in [1.54, 1.807) is 19.2 Å². The topological polar surface area (TPSA) is 97.6 Å². The first-order chi connectivity index (χ1) is 12.0. The van der Waals surface area contributed by atoms with Crippen molar-refractivity contribution in [2.45, 2.75) is 43.0 Å². The lowest BCUT2D eigenvalue weighted by atomic mass is 9.87. The fourth-order valence-electron chi connectivity index (χ4n) is 3.34. The average molecular weight is 350 g/mol. The molecule has 2 heterocycles. The van der Waals surface area contributed by atoms with Crippen LogP contribution in [0.15, 0.2) is 18.2 Å². The predicted molar refractivity (Wildman–Crippen MR) is 87.2 cm³/mol. The summed E-state index contributed by atoms with van der Waals surface area (Å²) in [5.41, 5.74) is 0.925. The second-order valence-corrected chi connectivity index (χ2v) is 6.14. The van der Waals surface area contributed by atoms with Gasteiger partial charge in [-0.15, -0.1) is 6.42 Å². The highest BCUT2D eigenvalue weighted by Gasteiger charge is 2.57. The summed E-state index contributed by atoms with van der Waals surface area (Å²) in [7, 11) is 1.58. The third-order valence-electron chi connectivity index (χ3n) is 4.66. The average Bonchev–Trinajstić information content (AvgIpc) is 2.64. The number of benzene rings is 1. The highest BCUT2D eigenvalue weighted by molar-refractivity contribution is 5.42. The highest BCUT2D eigenvalue weighted by atomic mass is 16.7. The van der Waals surface area contributed by atoms with Gasteiger partial charge in [-0.2, -0.15) is 0 Å². The quantitative estimate of drug-likeness (QED) is 0.650. The molecule has 2 aliphatic heterocycles. The molecule has 0 amide bonds. The van der Waals surface area contributed by atoms with Crippen molar-refractivity contribution >= 4 is 0 Å². The van der Waals surface area contributed by atoms with Gasteiger partial charge >= 0.3 is 0 Å². The van der Waals surface area contributed by atoms with Crippen LogP contribution in [0.2, 0.25) is 0 Å². The van der Waals surface area contributed by atoms with Crippen molar-refractivity contribution in [1.29, 1.82) is 0 Å². The van der Waals surface area contributed by atoms with E-state index in [0.29, 0.717) is 24.3 Å². The van der Waals surface area contributed by atoms with Crippen molar-refractivity contribution in [1.82, 2.24) is 0 Å². The van der Waals surface area contributed by atoms with Gasteiger partial charge in [0.1, 0.15) is 42.5 Å². The van der Waals surface area contributed by atoms with E-state index < -0.39 is 36.8 Å². The van der Waals surface area contributed by atoms with E-state index in [4.69, 9.17) is 25.4 Å². The zero-order valence-electron chi connectivity index (χ0n) is 13.9. The number of aliphatic hydroxyl groups is 3. The number of rotatable bonds is 4. The first-order valence-corrected chi connectivity index (χ1v) is 8.10. The van der Waals surface area contributed by atoms with Gasteiger partial charge in [0, 0.05) is 6.42 Å². The van der Waals surface area contributed by atoms with Crippen LogP contribution in [0.4, 0.5) is 0 Å². The molecule has 1 aromatic carbocycles. The summed E-state index contributed by atoms with van der Waals surface area (Å²) in [6.45, 7) is -0.523. The Kier molecular flexibility index (Phi) is 5.18. The summed E-state index contributed by atoms with van der Waals surface area (Å²) in [6.07, 6.45) is 1.63. The fourth-order valence-corrected chi connectivity index (χ4v) is 3.34. The lowest BCUT2D eigenvalue weighted by Gasteiger charge is -2.50. The predicted octanol–water partition coefficient (Wildman–Crippen LogP) is -0.152. The van der Waals surface area contributed by atoms with E-state index in [-0.39, 0.29) is 6.61 Å². The second-order valence-electron chi connectivity index (χ2n) is 6.14. The molecule has 1 saturated heterocycles. The van der Waals surface area contributed by atoms with E-state index in [1.165, 1.54) is 0 Å². The number of aliphatic hydroxyl groups excluding tert-OH is 3. The van der Waals surface area contributed by atoms with E-state index in [0.717, 1.165) is 5.56 Å². The molecule has 7 nitrogen and oxygen atoms in total. The molecule has 25 heavy (non-hydrogen) atoms. The molecule has 0 saturated carbocycles. The minimum atomic E-state index is -1.42. The van der Waals surface area contributed by atoms with E-state index in [9.17, 15) is 15.3 Å². The highest BCUT2D eigenvalue weighted by Crippen LogP contribution is 2.42. The van der Waals surface area contributed by atoms with Gasteiger partial charge in [-0.3, -0.25) is 0 Å². The number of hydrogen-bond donors (Lipinski definition) is 3. The van der Waals surface area contributed by atoms with Gasteiger partial charge in [-0.25, -0.2) is 0 Å². The number of hydrogen-bond acceptors (Lipinski definition) is 7. The first kappa shape index (κ1) is 18.0. The molecule has 1 fully saturated rings. The Morgan fingerprint density at radius 1 is 1.40 bits per heavy atom. The van der Waals surface area contributed by atoms with Crippen LogP contribution >= 0.6 is 0 Å². The maximum absolute atomic E-state index is 10.8. The smallest absolute Gasteiger partial charge is 0.240 e. The number of aryl methyl sites for hydroxylation is 1. The van der Waals surface area contributed by atoms with Crippen LogP contribution in [-0.4, -0.2) is 65.8 Å². The Bertz CT molecular complexity index is 655. The van der Waals surface area contributed by atoms with Crippen LogP contribution < -0.4 is 9.47 Å². The molecule has 0 aliphatic carbocycles. The summed E-state index contributed by atoms with van der Waals surface area (Å²) < 4.78 is 22.4. The van der Waals surface area contributed by atoms with Crippen molar-refractivity contribution in [2.24, 2.45) is 0 Å². The minimum Gasteiger partial charge on any atom is -0.497 e. The Morgan fingerprint density at radius 3 is 2.88 bits per heavy atom. The fraction of sp³-hybridized carbons (Fsp3) is 0.556. The molecule has 7 heteroatoms. The molecule has 5 atom stereocenters. The van der Waals surface area contributed by atoms with E-state index in [1.807, 2.05) is 6.07 Å². The summed E-state index contributed by atoms with van der Waals surface area (Å²) >= 11 is 0. The first-order valence-electron chi connectivity index (χ1n) is 8.10. The van der Waals surface area contributed by atoms with Crippen molar-refractivity contribution in [3.05, 3.63) is 23.8 Å². The van der Waals surface area contributed by atoms with Gasteiger partial charge < -0.3 is 34.3 Å². The normalized spacial score (nSPS) is 34.0. The third kappa shape index (κ3) is 3.19. The molecule has 1 spiro atoms. The number of methoxy groups -OCH3 is 1. The molecule has 3 N–H and O–H groups in total. The lowest BCUT2D eigenvalue weighted by molar-refractivity contribution is -0.346. The molecule has 0 aromatic heterocycles. The Labute approximate surface area is 146 Å². The molecule has 0 bridgehead atoms. The Hall–Kier alpha value is -1.82. The monoisotopic (exact) mass is 350 g/mol. The minimum absolute atomic E-state index is 0.0825. The van der Waals surface area contributed by atoms with Crippen LogP contribution in [0.1, 0.15) is 12.0 Å². The molecule has 0 radical (unpaired) electrons. The van der Waals surface area contributed by atoms with Gasteiger partial charge in [0.25, 0.3) is 0 Å². The lowest BCUT2D eigenvalue weighted by Crippen LogP contribution is -2.68. The zero-order chi connectivity index (χ0) is 18.0. The molecule has 2 aliphatic rings. The van der Waals surface area contributed by atoms with Gasteiger partial charge in [0.05, 0.1) is 13.7 Å².